The van der Waals surface area contributed by atoms with E-state index >= 15 is 0 Å². The highest BCUT2D eigenvalue weighted by atomic mass is 16.3. The first-order valence-electron chi connectivity index (χ1n) is 8.54. The van der Waals surface area contributed by atoms with Crippen molar-refractivity contribution in [2.24, 2.45) is 28.9 Å². The van der Waals surface area contributed by atoms with Crippen LogP contribution in [0.15, 0.2) is 0 Å². The SMILES string of the molecule is CC1C(N)CCC(C(=O)NC2CCCCC2CO)C1(C)C. The molecule has 0 radical (unpaired) electrons. The van der Waals surface area contributed by atoms with E-state index in [1.807, 2.05) is 0 Å². The molecule has 122 valence electrons. The van der Waals surface area contributed by atoms with Gasteiger partial charge in [0.05, 0.1) is 0 Å². The number of hydrogen-bond donors (Lipinski definition) is 3. The summed E-state index contributed by atoms with van der Waals surface area (Å²) in [6, 6.07) is 0.349. The van der Waals surface area contributed by atoms with Crippen molar-refractivity contribution < 1.29 is 9.90 Å². The van der Waals surface area contributed by atoms with Gasteiger partial charge in [-0.15, -0.1) is 0 Å². The summed E-state index contributed by atoms with van der Waals surface area (Å²) in [6.07, 6.45) is 6.14. The maximum atomic E-state index is 12.8. The molecule has 0 spiro atoms. The fraction of sp³-hybridized carbons (Fsp3) is 0.941. The van der Waals surface area contributed by atoms with Crippen molar-refractivity contribution in [1.29, 1.82) is 0 Å². The summed E-state index contributed by atoms with van der Waals surface area (Å²) >= 11 is 0. The topological polar surface area (TPSA) is 75.4 Å². The Bertz CT molecular complexity index is 370. The van der Waals surface area contributed by atoms with Gasteiger partial charge in [0.1, 0.15) is 0 Å². The Morgan fingerprint density at radius 1 is 1.24 bits per heavy atom. The number of aliphatic hydroxyl groups excluding tert-OH is 1. The molecule has 0 heterocycles. The van der Waals surface area contributed by atoms with Crippen molar-refractivity contribution in [3.8, 4) is 0 Å². The molecule has 0 aliphatic heterocycles. The molecule has 0 aromatic carbocycles. The van der Waals surface area contributed by atoms with Gasteiger partial charge < -0.3 is 16.2 Å². The number of amides is 1. The van der Waals surface area contributed by atoms with Crippen LogP contribution in [-0.2, 0) is 4.79 Å². The average molecular weight is 296 g/mol. The maximum absolute atomic E-state index is 12.8. The summed E-state index contributed by atoms with van der Waals surface area (Å²) in [6.45, 7) is 6.69. The average Bonchev–Trinajstić information content (AvgIpc) is 2.45. The Morgan fingerprint density at radius 2 is 1.90 bits per heavy atom. The maximum Gasteiger partial charge on any atom is 0.223 e. The van der Waals surface area contributed by atoms with Crippen LogP contribution in [0.2, 0.25) is 0 Å². The van der Waals surface area contributed by atoms with Crippen molar-refractivity contribution in [2.45, 2.75) is 71.4 Å². The van der Waals surface area contributed by atoms with E-state index in [1.54, 1.807) is 0 Å². The number of carbonyl (C=O) groups excluding carboxylic acids is 1. The van der Waals surface area contributed by atoms with E-state index in [2.05, 4.69) is 26.1 Å². The van der Waals surface area contributed by atoms with Crippen molar-refractivity contribution >= 4 is 5.91 Å². The van der Waals surface area contributed by atoms with Gasteiger partial charge in [-0.05, 0) is 37.0 Å². The van der Waals surface area contributed by atoms with E-state index in [-0.39, 0.29) is 41.8 Å². The van der Waals surface area contributed by atoms with Crippen LogP contribution in [0, 0.1) is 23.2 Å². The molecule has 2 rings (SSSR count). The lowest BCUT2D eigenvalue weighted by atomic mass is 9.61. The van der Waals surface area contributed by atoms with Crippen LogP contribution in [0.4, 0.5) is 0 Å². The molecular weight excluding hydrogens is 264 g/mol. The Morgan fingerprint density at radius 3 is 2.57 bits per heavy atom. The molecule has 5 unspecified atom stereocenters. The molecular formula is C17H32N2O2. The van der Waals surface area contributed by atoms with Crippen molar-refractivity contribution in [3.63, 3.8) is 0 Å². The molecule has 4 N–H and O–H groups in total. The van der Waals surface area contributed by atoms with Gasteiger partial charge >= 0.3 is 0 Å². The van der Waals surface area contributed by atoms with Gasteiger partial charge in [-0.1, -0.05) is 33.6 Å². The van der Waals surface area contributed by atoms with Crippen molar-refractivity contribution in [3.05, 3.63) is 0 Å². The first-order valence-corrected chi connectivity index (χ1v) is 8.54. The second kappa shape index (κ2) is 6.66. The molecule has 2 saturated carbocycles. The molecule has 4 nitrogen and oxygen atoms in total. The highest BCUT2D eigenvalue weighted by molar-refractivity contribution is 5.80. The molecule has 2 aliphatic carbocycles. The highest BCUT2D eigenvalue weighted by Crippen LogP contribution is 2.44. The molecule has 0 saturated heterocycles. The molecule has 0 bridgehead atoms. The number of carbonyl (C=O) groups is 1. The van der Waals surface area contributed by atoms with Crippen LogP contribution < -0.4 is 11.1 Å². The fourth-order valence-electron chi connectivity index (χ4n) is 4.22. The lowest BCUT2D eigenvalue weighted by Crippen LogP contribution is -2.54. The molecule has 2 aliphatic rings. The van der Waals surface area contributed by atoms with Gasteiger partial charge in [0.15, 0.2) is 0 Å². The third-order valence-electron chi connectivity index (χ3n) is 6.29. The zero-order chi connectivity index (χ0) is 15.6. The molecule has 5 atom stereocenters. The zero-order valence-electron chi connectivity index (χ0n) is 13.8. The van der Waals surface area contributed by atoms with Gasteiger partial charge in [0.25, 0.3) is 0 Å². The molecule has 21 heavy (non-hydrogen) atoms. The predicted octanol–water partition coefficient (Wildman–Crippen LogP) is 2.05. The van der Waals surface area contributed by atoms with Crippen LogP contribution in [0.1, 0.15) is 59.3 Å². The van der Waals surface area contributed by atoms with Crippen LogP contribution in [0.5, 0.6) is 0 Å². The minimum absolute atomic E-state index is 0.0357. The molecule has 2 fully saturated rings. The van der Waals surface area contributed by atoms with E-state index in [4.69, 9.17) is 5.73 Å². The van der Waals surface area contributed by atoms with Gasteiger partial charge in [0, 0.05) is 30.5 Å². The van der Waals surface area contributed by atoms with Crippen LogP contribution in [0.25, 0.3) is 0 Å². The van der Waals surface area contributed by atoms with E-state index < -0.39 is 0 Å². The second-order valence-corrected chi connectivity index (χ2v) is 7.75. The lowest BCUT2D eigenvalue weighted by Gasteiger charge is -2.46. The normalized spacial score (nSPS) is 39.8. The summed E-state index contributed by atoms with van der Waals surface area (Å²) in [4.78, 5) is 12.8. The minimum Gasteiger partial charge on any atom is -0.396 e. The molecule has 0 aromatic heterocycles. The van der Waals surface area contributed by atoms with Crippen molar-refractivity contribution in [2.75, 3.05) is 6.61 Å². The van der Waals surface area contributed by atoms with Crippen LogP contribution in [-0.4, -0.2) is 29.7 Å². The zero-order valence-corrected chi connectivity index (χ0v) is 13.8. The number of rotatable bonds is 3. The number of nitrogens with one attached hydrogen (secondary N) is 1. The first kappa shape index (κ1) is 16.8. The van der Waals surface area contributed by atoms with Crippen LogP contribution in [0.3, 0.4) is 0 Å². The van der Waals surface area contributed by atoms with Gasteiger partial charge in [-0.25, -0.2) is 0 Å². The third-order valence-corrected chi connectivity index (χ3v) is 6.29. The fourth-order valence-corrected chi connectivity index (χ4v) is 4.22. The van der Waals surface area contributed by atoms with E-state index in [0.717, 1.165) is 32.1 Å². The largest absolute Gasteiger partial charge is 0.396 e. The van der Waals surface area contributed by atoms with E-state index in [0.29, 0.717) is 5.92 Å². The van der Waals surface area contributed by atoms with Gasteiger partial charge in [0.2, 0.25) is 5.91 Å². The Kier molecular flexibility index (Phi) is 5.31. The molecule has 4 heteroatoms. The Labute approximate surface area is 128 Å². The quantitative estimate of drug-likeness (QED) is 0.746. The predicted molar refractivity (Wildman–Crippen MR) is 84.6 cm³/mol. The highest BCUT2D eigenvalue weighted by Gasteiger charge is 2.45. The monoisotopic (exact) mass is 296 g/mol. The van der Waals surface area contributed by atoms with Crippen molar-refractivity contribution in [1.82, 2.24) is 5.32 Å². The summed E-state index contributed by atoms with van der Waals surface area (Å²) in [5.74, 6) is 0.786. The van der Waals surface area contributed by atoms with Gasteiger partial charge in [-0.2, -0.15) is 0 Å². The Balaban J connectivity index is 2.02. The second-order valence-electron chi connectivity index (χ2n) is 7.75. The minimum atomic E-state index is -0.0644. The van der Waals surface area contributed by atoms with Crippen LogP contribution >= 0.6 is 0 Å². The number of hydrogen-bond acceptors (Lipinski definition) is 3. The smallest absolute Gasteiger partial charge is 0.223 e. The molecule has 1 amide bonds. The summed E-state index contributed by atoms with van der Waals surface area (Å²) in [7, 11) is 0. The van der Waals surface area contributed by atoms with E-state index in [9.17, 15) is 9.90 Å². The first-order chi connectivity index (χ1) is 9.87. The summed E-state index contributed by atoms with van der Waals surface area (Å²) in [5.41, 5.74) is 6.11. The molecule has 0 aromatic rings. The summed E-state index contributed by atoms with van der Waals surface area (Å²) in [5, 5.41) is 12.7. The number of aliphatic hydroxyl groups is 1. The van der Waals surface area contributed by atoms with Gasteiger partial charge in [-0.3, -0.25) is 4.79 Å². The van der Waals surface area contributed by atoms with E-state index in [1.165, 1.54) is 6.42 Å². The third kappa shape index (κ3) is 3.42. The lowest BCUT2D eigenvalue weighted by molar-refractivity contribution is -0.134. The summed E-state index contributed by atoms with van der Waals surface area (Å²) < 4.78 is 0. The number of nitrogens with two attached hydrogens (primary N) is 1. The standard InChI is InChI=1S/C17H32N2O2/c1-11-14(18)9-8-13(17(11,2)3)16(21)19-15-7-5-4-6-12(15)10-20/h11-15,20H,4-10,18H2,1-3H3,(H,19,21). The Hall–Kier alpha value is -0.610.